The van der Waals surface area contributed by atoms with E-state index in [-0.39, 0.29) is 0 Å². The molecule has 3 nitrogen and oxygen atoms in total. The smallest absolute Gasteiger partial charge is 0.183 e. The molecule has 112 valence electrons. The van der Waals surface area contributed by atoms with E-state index in [9.17, 15) is 0 Å². The van der Waals surface area contributed by atoms with Crippen molar-refractivity contribution in [2.24, 2.45) is 0 Å². The van der Waals surface area contributed by atoms with Crippen LogP contribution in [0.25, 0.3) is 0 Å². The highest BCUT2D eigenvalue weighted by Gasteiger charge is 2.00. The molecule has 0 radical (unpaired) electrons. The van der Waals surface area contributed by atoms with Gasteiger partial charge in [0.25, 0.3) is 0 Å². The molecule has 5 heteroatoms. The maximum Gasteiger partial charge on any atom is 0.183 e. The zero-order valence-corrected chi connectivity index (χ0v) is 13.5. The third-order valence-electron chi connectivity index (χ3n) is 3.22. The molecule has 0 saturated heterocycles. The van der Waals surface area contributed by atoms with Crippen LogP contribution in [0.5, 0.6) is 0 Å². The van der Waals surface area contributed by atoms with Gasteiger partial charge in [0.1, 0.15) is 0 Å². The normalized spacial score (nSPS) is 10.4. The van der Waals surface area contributed by atoms with Crippen LogP contribution < -0.4 is 10.6 Å². The van der Waals surface area contributed by atoms with Gasteiger partial charge in [-0.2, -0.15) is 0 Å². The molecule has 0 aliphatic heterocycles. The third-order valence-corrected chi connectivity index (χ3v) is 4.33. The van der Waals surface area contributed by atoms with E-state index < -0.39 is 0 Å². The van der Waals surface area contributed by atoms with E-state index >= 15 is 0 Å². The first-order valence-electron chi connectivity index (χ1n) is 7.01. The molecule has 3 aromatic rings. The summed E-state index contributed by atoms with van der Waals surface area (Å²) < 4.78 is 0.581. The Bertz CT molecular complexity index is 710. The molecule has 0 spiro atoms. The monoisotopic (exact) mass is 329 g/mol. The van der Waals surface area contributed by atoms with E-state index in [1.54, 1.807) is 6.20 Å². The first-order valence-corrected chi connectivity index (χ1v) is 8.21. The number of aromatic nitrogens is 1. The minimum atomic E-state index is 0.581. The number of hydrogen-bond acceptors (Lipinski definition) is 4. The van der Waals surface area contributed by atoms with Crippen LogP contribution in [0.4, 0.5) is 11.4 Å². The van der Waals surface area contributed by atoms with E-state index in [1.807, 2.05) is 6.07 Å². The summed E-state index contributed by atoms with van der Waals surface area (Å²) in [6, 6.07) is 18.6. The number of nitrogens with one attached hydrogen (secondary N) is 2. The number of rotatable bonds is 6. The average Bonchev–Trinajstić information content (AvgIpc) is 2.98. The Labute approximate surface area is 139 Å². The molecule has 0 aliphatic carbocycles. The minimum absolute atomic E-state index is 0.581. The van der Waals surface area contributed by atoms with E-state index in [1.165, 1.54) is 16.9 Å². The molecule has 1 heterocycles. The largest absolute Gasteiger partial charge is 0.381 e. The molecule has 0 atom stereocenters. The number of hydrogen-bond donors (Lipinski definition) is 2. The standard InChI is InChI=1S/C17H16ClN3S/c18-17-21-12-16(22-17)11-20-15-8-6-14(7-9-15)19-10-13-4-2-1-3-5-13/h1-9,12,19-20H,10-11H2. The molecule has 1 aromatic heterocycles. The van der Waals surface area contributed by atoms with Crippen LogP contribution in [0.15, 0.2) is 60.8 Å². The highest BCUT2D eigenvalue weighted by Crippen LogP contribution is 2.20. The lowest BCUT2D eigenvalue weighted by Crippen LogP contribution is -2.00. The number of nitrogens with zero attached hydrogens (tertiary/aromatic N) is 1. The Morgan fingerprint density at radius 2 is 1.50 bits per heavy atom. The fourth-order valence-electron chi connectivity index (χ4n) is 2.06. The molecule has 0 bridgehead atoms. The summed E-state index contributed by atoms with van der Waals surface area (Å²) in [7, 11) is 0. The topological polar surface area (TPSA) is 37.0 Å². The lowest BCUT2D eigenvalue weighted by atomic mass is 10.2. The maximum atomic E-state index is 5.82. The van der Waals surface area contributed by atoms with Gasteiger partial charge >= 0.3 is 0 Å². The molecule has 0 amide bonds. The summed E-state index contributed by atoms with van der Waals surface area (Å²) >= 11 is 7.31. The number of halogens is 1. The average molecular weight is 330 g/mol. The fraction of sp³-hybridized carbons (Fsp3) is 0.118. The van der Waals surface area contributed by atoms with Gasteiger partial charge in [-0.05, 0) is 29.8 Å². The summed E-state index contributed by atoms with van der Waals surface area (Å²) in [6.07, 6.45) is 1.80. The summed E-state index contributed by atoms with van der Waals surface area (Å²) in [6.45, 7) is 1.56. The summed E-state index contributed by atoms with van der Waals surface area (Å²) in [4.78, 5) is 5.15. The second-order valence-electron chi connectivity index (χ2n) is 4.85. The second kappa shape index (κ2) is 7.29. The van der Waals surface area contributed by atoms with Gasteiger partial charge in [0.05, 0.1) is 6.54 Å². The van der Waals surface area contributed by atoms with Gasteiger partial charge in [-0.1, -0.05) is 41.9 Å². The molecule has 0 fully saturated rings. The minimum Gasteiger partial charge on any atom is -0.381 e. The number of benzene rings is 2. The van der Waals surface area contributed by atoms with Crippen LogP contribution >= 0.6 is 22.9 Å². The van der Waals surface area contributed by atoms with Crippen LogP contribution in [0.1, 0.15) is 10.4 Å². The highest BCUT2D eigenvalue weighted by atomic mass is 35.5. The van der Waals surface area contributed by atoms with Crippen molar-refractivity contribution in [2.75, 3.05) is 10.6 Å². The van der Waals surface area contributed by atoms with E-state index in [0.29, 0.717) is 4.47 Å². The van der Waals surface area contributed by atoms with Crippen molar-refractivity contribution in [3.63, 3.8) is 0 Å². The first kappa shape index (κ1) is 14.9. The van der Waals surface area contributed by atoms with Gasteiger partial charge < -0.3 is 10.6 Å². The molecule has 0 unspecified atom stereocenters. The van der Waals surface area contributed by atoms with Crippen LogP contribution in [0.3, 0.4) is 0 Å². The summed E-state index contributed by atoms with van der Waals surface area (Å²) in [5.74, 6) is 0. The summed E-state index contributed by atoms with van der Waals surface area (Å²) in [5.41, 5.74) is 3.46. The van der Waals surface area contributed by atoms with Gasteiger partial charge in [0.15, 0.2) is 4.47 Å². The molecule has 3 rings (SSSR count). The Hall–Kier alpha value is -2.04. The Kier molecular flexibility index (Phi) is 4.93. The molecular formula is C17H16ClN3S. The van der Waals surface area contributed by atoms with Crippen molar-refractivity contribution in [1.82, 2.24) is 4.98 Å². The SMILES string of the molecule is Clc1ncc(CNc2ccc(NCc3ccccc3)cc2)s1. The molecule has 22 heavy (non-hydrogen) atoms. The van der Waals surface area contributed by atoms with E-state index in [0.717, 1.165) is 29.3 Å². The third kappa shape index (κ3) is 4.23. The van der Waals surface area contributed by atoms with Crippen molar-refractivity contribution < 1.29 is 0 Å². The lowest BCUT2D eigenvalue weighted by Gasteiger charge is -2.09. The first-order chi connectivity index (χ1) is 10.8. The quantitative estimate of drug-likeness (QED) is 0.666. The van der Waals surface area contributed by atoms with Gasteiger partial charge in [-0.25, -0.2) is 4.98 Å². The number of thiazole rings is 1. The van der Waals surface area contributed by atoms with Crippen molar-refractivity contribution >= 4 is 34.3 Å². The lowest BCUT2D eigenvalue weighted by molar-refractivity contribution is 1.15. The summed E-state index contributed by atoms with van der Waals surface area (Å²) in [5, 5.41) is 6.77. The van der Waals surface area contributed by atoms with Gasteiger partial charge in [0.2, 0.25) is 0 Å². The second-order valence-corrected chi connectivity index (χ2v) is 6.55. The van der Waals surface area contributed by atoms with E-state index in [4.69, 9.17) is 11.6 Å². The van der Waals surface area contributed by atoms with Gasteiger partial charge in [0, 0.05) is 29.0 Å². The molecule has 2 aromatic carbocycles. The molecule has 0 saturated carbocycles. The Morgan fingerprint density at radius 1 is 0.864 bits per heavy atom. The van der Waals surface area contributed by atoms with Crippen LogP contribution in [-0.2, 0) is 13.1 Å². The number of anilines is 2. The molecular weight excluding hydrogens is 314 g/mol. The zero-order valence-electron chi connectivity index (χ0n) is 11.9. The van der Waals surface area contributed by atoms with Crippen LogP contribution in [0.2, 0.25) is 4.47 Å². The predicted octanol–water partition coefficient (Wildman–Crippen LogP) is 5.02. The Balaban J connectivity index is 1.51. The van der Waals surface area contributed by atoms with Crippen molar-refractivity contribution in [3.05, 3.63) is 75.7 Å². The highest BCUT2D eigenvalue weighted by molar-refractivity contribution is 7.15. The van der Waals surface area contributed by atoms with Crippen molar-refractivity contribution in [1.29, 1.82) is 0 Å². The van der Waals surface area contributed by atoms with Crippen LogP contribution in [0, 0.1) is 0 Å². The van der Waals surface area contributed by atoms with Gasteiger partial charge in [-0.3, -0.25) is 0 Å². The van der Waals surface area contributed by atoms with Crippen molar-refractivity contribution in [3.8, 4) is 0 Å². The van der Waals surface area contributed by atoms with Crippen molar-refractivity contribution in [2.45, 2.75) is 13.1 Å². The van der Waals surface area contributed by atoms with E-state index in [2.05, 4.69) is 64.1 Å². The predicted molar refractivity (Wildman–Crippen MR) is 94.7 cm³/mol. The van der Waals surface area contributed by atoms with Crippen LogP contribution in [-0.4, -0.2) is 4.98 Å². The molecule has 0 aliphatic rings. The molecule has 2 N–H and O–H groups in total. The fourth-order valence-corrected chi connectivity index (χ4v) is 2.98. The van der Waals surface area contributed by atoms with Gasteiger partial charge in [-0.15, -0.1) is 11.3 Å². The zero-order chi connectivity index (χ0) is 15.2. The maximum absolute atomic E-state index is 5.82. The Morgan fingerprint density at radius 3 is 2.09 bits per heavy atom.